The number of hydrogen-bond donors (Lipinski definition) is 1. The Morgan fingerprint density at radius 1 is 1.10 bits per heavy atom. The molecule has 1 amide bonds. The van der Waals surface area contributed by atoms with E-state index in [0.29, 0.717) is 10.1 Å². The summed E-state index contributed by atoms with van der Waals surface area (Å²) in [6.45, 7) is 0. The molecule has 0 saturated carbocycles. The van der Waals surface area contributed by atoms with Gasteiger partial charge < -0.3 is 10.0 Å². The number of pyridine rings is 1. The van der Waals surface area contributed by atoms with Gasteiger partial charge in [0.25, 0.3) is 5.91 Å². The van der Waals surface area contributed by atoms with Crippen molar-refractivity contribution in [3.8, 4) is 0 Å². The summed E-state index contributed by atoms with van der Waals surface area (Å²) in [7, 11) is 3.28. The molecule has 2 aromatic heterocycles. The second-order valence-electron chi connectivity index (χ2n) is 4.25. The number of amides is 1. The molecular weight excluding hydrogens is 292 g/mol. The molecule has 8 heteroatoms. The lowest BCUT2D eigenvalue weighted by Crippen LogP contribution is -2.23. The normalized spacial score (nSPS) is 10.2. The molecule has 0 bridgehead atoms. The van der Waals surface area contributed by atoms with E-state index in [1.54, 1.807) is 32.3 Å². The van der Waals surface area contributed by atoms with Gasteiger partial charge in [0.05, 0.1) is 5.56 Å². The van der Waals surface area contributed by atoms with Gasteiger partial charge in [0.2, 0.25) is 0 Å². The van der Waals surface area contributed by atoms with Crippen molar-refractivity contribution in [1.29, 1.82) is 0 Å². The summed E-state index contributed by atoms with van der Waals surface area (Å²) in [4.78, 5) is 27.8. The van der Waals surface area contributed by atoms with Crippen LogP contribution in [0.1, 0.15) is 20.8 Å². The first-order chi connectivity index (χ1) is 9.97. The maximum Gasteiger partial charge on any atom is 0.337 e. The second kappa shape index (κ2) is 6.31. The van der Waals surface area contributed by atoms with Gasteiger partial charge in [-0.1, -0.05) is 0 Å². The fourth-order valence-corrected chi connectivity index (χ4v) is 2.07. The number of aromatic nitrogens is 3. The van der Waals surface area contributed by atoms with Crippen molar-refractivity contribution in [2.24, 2.45) is 0 Å². The van der Waals surface area contributed by atoms with E-state index in [2.05, 4.69) is 15.2 Å². The highest BCUT2D eigenvalue weighted by Gasteiger charge is 2.11. The lowest BCUT2D eigenvalue weighted by atomic mass is 10.3. The first kappa shape index (κ1) is 14.9. The molecule has 0 aromatic carbocycles. The summed E-state index contributed by atoms with van der Waals surface area (Å²) in [5, 5.41) is 17.8. The molecule has 0 unspecified atom stereocenters. The summed E-state index contributed by atoms with van der Waals surface area (Å²) in [5.74, 6) is -1.24. The number of carbonyl (C=O) groups excluding carboxylic acids is 1. The number of hydrogen-bond acceptors (Lipinski definition) is 6. The fraction of sp³-hybridized carbons (Fsp3) is 0.154. The Kier molecular flexibility index (Phi) is 4.49. The molecule has 0 saturated heterocycles. The molecule has 0 aliphatic heterocycles. The highest BCUT2D eigenvalue weighted by molar-refractivity contribution is 7.99. The molecule has 108 valence electrons. The number of aromatic carboxylic acids is 1. The average molecular weight is 304 g/mol. The predicted octanol–water partition coefficient (Wildman–Crippen LogP) is 1.42. The number of carbonyl (C=O) groups is 2. The second-order valence-corrected chi connectivity index (χ2v) is 5.29. The van der Waals surface area contributed by atoms with Crippen LogP contribution in [0.25, 0.3) is 0 Å². The Labute approximate surface area is 125 Å². The van der Waals surface area contributed by atoms with Crippen LogP contribution < -0.4 is 0 Å². The molecule has 2 rings (SSSR count). The molecule has 2 aromatic rings. The molecule has 0 spiro atoms. The Hall–Kier alpha value is -2.48. The SMILES string of the molecule is CN(C)C(=O)c1ccc(Sc2ccc(C(=O)O)cn2)nn1. The van der Waals surface area contributed by atoms with E-state index in [-0.39, 0.29) is 17.2 Å². The van der Waals surface area contributed by atoms with Crippen LogP contribution >= 0.6 is 11.8 Å². The topological polar surface area (TPSA) is 96.3 Å². The first-order valence-electron chi connectivity index (χ1n) is 5.90. The van der Waals surface area contributed by atoms with E-state index >= 15 is 0 Å². The molecule has 0 atom stereocenters. The van der Waals surface area contributed by atoms with Crippen LogP contribution in [-0.2, 0) is 0 Å². The van der Waals surface area contributed by atoms with Crippen LogP contribution in [0, 0.1) is 0 Å². The van der Waals surface area contributed by atoms with Crippen molar-refractivity contribution < 1.29 is 14.7 Å². The van der Waals surface area contributed by atoms with Crippen molar-refractivity contribution in [3.05, 3.63) is 41.7 Å². The average Bonchev–Trinajstić information content (AvgIpc) is 2.47. The molecule has 0 aliphatic carbocycles. The van der Waals surface area contributed by atoms with Crippen LogP contribution in [0.3, 0.4) is 0 Å². The van der Waals surface area contributed by atoms with Crippen molar-refractivity contribution in [2.45, 2.75) is 10.1 Å². The maximum absolute atomic E-state index is 11.7. The summed E-state index contributed by atoms with van der Waals surface area (Å²) in [5.41, 5.74) is 0.385. The van der Waals surface area contributed by atoms with Gasteiger partial charge in [-0.3, -0.25) is 4.79 Å². The van der Waals surface area contributed by atoms with Crippen molar-refractivity contribution in [2.75, 3.05) is 14.1 Å². The monoisotopic (exact) mass is 304 g/mol. The quantitative estimate of drug-likeness (QED) is 0.912. The Morgan fingerprint density at radius 3 is 2.29 bits per heavy atom. The third kappa shape index (κ3) is 3.76. The third-order valence-electron chi connectivity index (χ3n) is 2.46. The summed E-state index contributed by atoms with van der Waals surface area (Å²) >= 11 is 1.23. The maximum atomic E-state index is 11.7. The Morgan fingerprint density at radius 2 is 1.81 bits per heavy atom. The van der Waals surface area contributed by atoms with Gasteiger partial charge in [-0.05, 0) is 36.0 Å². The van der Waals surface area contributed by atoms with Crippen molar-refractivity contribution >= 4 is 23.6 Å². The fourth-order valence-electron chi connectivity index (χ4n) is 1.39. The van der Waals surface area contributed by atoms with Gasteiger partial charge in [0, 0.05) is 20.3 Å². The van der Waals surface area contributed by atoms with Gasteiger partial charge in [-0.15, -0.1) is 10.2 Å². The van der Waals surface area contributed by atoms with E-state index in [1.807, 2.05) is 0 Å². The van der Waals surface area contributed by atoms with Crippen LogP contribution in [0.2, 0.25) is 0 Å². The molecular formula is C13H12N4O3S. The zero-order valence-electron chi connectivity index (χ0n) is 11.3. The molecule has 7 nitrogen and oxygen atoms in total. The first-order valence-corrected chi connectivity index (χ1v) is 6.71. The lowest BCUT2D eigenvalue weighted by Gasteiger charge is -2.08. The Balaban J connectivity index is 2.09. The van der Waals surface area contributed by atoms with Gasteiger partial charge in [0.15, 0.2) is 5.69 Å². The highest BCUT2D eigenvalue weighted by atomic mass is 32.2. The van der Waals surface area contributed by atoms with Gasteiger partial charge in [0.1, 0.15) is 10.1 Å². The predicted molar refractivity (Wildman–Crippen MR) is 75.4 cm³/mol. The summed E-state index contributed by atoms with van der Waals surface area (Å²) in [6.07, 6.45) is 1.28. The van der Waals surface area contributed by atoms with E-state index in [9.17, 15) is 9.59 Å². The number of carboxylic acid groups (broad SMARTS) is 1. The lowest BCUT2D eigenvalue weighted by molar-refractivity contribution is 0.0695. The summed E-state index contributed by atoms with van der Waals surface area (Å²) in [6, 6.07) is 6.31. The van der Waals surface area contributed by atoms with Crippen molar-refractivity contribution in [3.63, 3.8) is 0 Å². The molecule has 0 radical (unpaired) electrons. The standard InChI is InChI=1S/C13H12N4O3S/c1-17(2)12(18)9-4-6-11(16-15-9)21-10-5-3-8(7-14-10)13(19)20/h3-7H,1-2H3,(H,19,20). The van der Waals surface area contributed by atoms with Gasteiger partial charge in [-0.25, -0.2) is 9.78 Å². The third-order valence-corrected chi connectivity index (χ3v) is 3.34. The zero-order valence-corrected chi connectivity index (χ0v) is 12.2. The van der Waals surface area contributed by atoms with Crippen LogP contribution in [-0.4, -0.2) is 51.2 Å². The highest BCUT2D eigenvalue weighted by Crippen LogP contribution is 2.23. The zero-order chi connectivity index (χ0) is 15.4. The van der Waals surface area contributed by atoms with E-state index < -0.39 is 5.97 Å². The smallest absolute Gasteiger partial charge is 0.337 e. The molecule has 2 heterocycles. The van der Waals surface area contributed by atoms with E-state index in [1.165, 1.54) is 28.9 Å². The molecule has 1 N–H and O–H groups in total. The van der Waals surface area contributed by atoms with Gasteiger partial charge in [-0.2, -0.15) is 0 Å². The minimum Gasteiger partial charge on any atom is -0.478 e. The minimum atomic E-state index is -1.02. The number of rotatable bonds is 4. The van der Waals surface area contributed by atoms with Gasteiger partial charge >= 0.3 is 5.97 Å². The molecule has 0 fully saturated rings. The Bertz CT molecular complexity index is 656. The van der Waals surface area contributed by atoms with Crippen LogP contribution in [0.15, 0.2) is 40.5 Å². The number of nitrogens with zero attached hydrogens (tertiary/aromatic N) is 4. The van der Waals surface area contributed by atoms with Crippen molar-refractivity contribution in [1.82, 2.24) is 20.1 Å². The van der Waals surface area contributed by atoms with Crippen LogP contribution in [0.5, 0.6) is 0 Å². The van der Waals surface area contributed by atoms with E-state index in [0.717, 1.165) is 0 Å². The molecule has 21 heavy (non-hydrogen) atoms. The van der Waals surface area contributed by atoms with Crippen LogP contribution in [0.4, 0.5) is 0 Å². The summed E-state index contributed by atoms with van der Waals surface area (Å²) < 4.78 is 0. The largest absolute Gasteiger partial charge is 0.478 e. The number of carboxylic acids is 1. The molecule has 0 aliphatic rings. The minimum absolute atomic E-state index is 0.123. The van der Waals surface area contributed by atoms with E-state index in [4.69, 9.17) is 5.11 Å².